The predicted molar refractivity (Wildman–Crippen MR) is 93.9 cm³/mol. The molecule has 0 unspecified atom stereocenters. The highest BCUT2D eigenvalue weighted by atomic mass is 16.6. The van der Waals surface area contributed by atoms with Gasteiger partial charge >= 0.3 is 6.09 Å². The molecule has 1 aromatic rings. The van der Waals surface area contributed by atoms with Crippen LogP contribution in [0.5, 0.6) is 0 Å². The summed E-state index contributed by atoms with van der Waals surface area (Å²) in [5.41, 5.74) is 1.05. The largest absolute Gasteiger partial charge is 0.444 e. The molecule has 0 atom stereocenters. The van der Waals surface area contributed by atoms with Crippen LogP contribution in [-0.4, -0.2) is 30.1 Å². The Morgan fingerprint density at radius 3 is 2.28 bits per heavy atom. The molecule has 1 aromatic carbocycles. The average Bonchev–Trinajstić information content (AvgIpc) is 3.35. The number of nitrogens with one attached hydrogen (secondary N) is 3. The number of carbonyl (C=O) groups is 3. The van der Waals surface area contributed by atoms with Crippen LogP contribution in [0.15, 0.2) is 24.3 Å². The Kier molecular flexibility index (Phi) is 6.01. The summed E-state index contributed by atoms with van der Waals surface area (Å²) in [6, 6.07) is 7.29. The van der Waals surface area contributed by atoms with Crippen molar-refractivity contribution in [2.45, 2.75) is 45.8 Å². The molecule has 0 radical (unpaired) electrons. The second kappa shape index (κ2) is 8.00. The lowest BCUT2D eigenvalue weighted by Gasteiger charge is -2.19. The van der Waals surface area contributed by atoms with Gasteiger partial charge in [-0.25, -0.2) is 4.79 Å². The molecule has 0 heterocycles. The first-order valence-electron chi connectivity index (χ1n) is 8.36. The molecular weight excluding hydrogens is 322 g/mol. The summed E-state index contributed by atoms with van der Waals surface area (Å²) < 4.78 is 5.05. The second-order valence-corrected chi connectivity index (χ2v) is 7.09. The monoisotopic (exact) mass is 347 g/mol. The van der Waals surface area contributed by atoms with E-state index in [2.05, 4.69) is 16.0 Å². The lowest BCUT2D eigenvalue weighted by molar-refractivity contribution is -0.120. The minimum absolute atomic E-state index is 0.0641. The Hall–Kier alpha value is -2.57. The topological polar surface area (TPSA) is 96.5 Å². The molecule has 3 N–H and O–H groups in total. The van der Waals surface area contributed by atoms with Gasteiger partial charge in [0.05, 0.1) is 0 Å². The number of benzene rings is 1. The van der Waals surface area contributed by atoms with Crippen molar-refractivity contribution in [2.24, 2.45) is 5.92 Å². The van der Waals surface area contributed by atoms with E-state index in [1.54, 1.807) is 32.9 Å². The molecule has 7 heteroatoms. The van der Waals surface area contributed by atoms with E-state index in [0.717, 1.165) is 24.1 Å². The van der Waals surface area contributed by atoms with Gasteiger partial charge in [-0.05, 0) is 51.3 Å². The summed E-state index contributed by atoms with van der Waals surface area (Å²) in [5, 5.41) is 7.97. The molecule has 0 saturated heterocycles. The first-order valence-corrected chi connectivity index (χ1v) is 8.36. The van der Waals surface area contributed by atoms with Crippen LogP contribution in [0, 0.1) is 5.92 Å². The van der Waals surface area contributed by atoms with E-state index < -0.39 is 11.7 Å². The van der Waals surface area contributed by atoms with Gasteiger partial charge in [0, 0.05) is 18.2 Å². The first-order chi connectivity index (χ1) is 11.7. The number of rotatable bonds is 6. The van der Waals surface area contributed by atoms with Crippen LogP contribution in [0.2, 0.25) is 0 Å². The van der Waals surface area contributed by atoms with Gasteiger partial charge in [-0.1, -0.05) is 12.1 Å². The van der Waals surface area contributed by atoms with Crippen LogP contribution in [-0.2, 0) is 20.9 Å². The van der Waals surface area contributed by atoms with Crippen LogP contribution in [0.4, 0.5) is 10.5 Å². The van der Waals surface area contributed by atoms with E-state index >= 15 is 0 Å². The molecule has 0 aromatic heterocycles. The highest BCUT2D eigenvalue weighted by molar-refractivity contribution is 5.94. The highest BCUT2D eigenvalue weighted by Gasteiger charge is 2.29. The maximum absolute atomic E-state index is 11.7. The molecule has 136 valence electrons. The van der Waals surface area contributed by atoms with Crippen molar-refractivity contribution in [3.05, 3.63) is 29.8 Å². The second-order valence-electron chi connectivity index (χ2n) is 7.09. The van der Waals surface area contributed by atoms with Gasteiger partial charge < -0.3 is 20.7 Å². The van der Waals surface area contributed by atoms with E-state index in [0.29, 0.717) is 6.54 Å². The van der Waals surface area contributed by atoms with Crippen molar-refractivity contribution in [1.82, 2.24) is 10.6 Å². The number of ether oxygens (including phenoxy) is 1. The van der Waals surface area contributed by atoms with Crippen LogP contribution in [0.25, 0.3) is 0 Å². The lowest BCUT2D eigenvalue weighted by Crippen LogP contribution is -2.39. The van der Waals surface area contributed by atoms with Gasteiger partial charge in [-0.2, -0.15) is 0 Å². The predicted octanol–water partition coefficient (Wildman–Crippen LogP) is 2.18. The van der Waals surface area contributed by atoms with Gasteiger partial charge in [-0.15, -0.1) is 0 Å². The summed E-state index contributed by atoms with van der Waals surface area (Å²) in [6.45, 7) is 5.45. The first kappa shape index (κ1) is 18.8. The minimum Gasteiger partial charge on any atom is -0.444 e. The molecule has 0 aliphatic heterocycles. The van der Waals surface area contributed by atoms with Crippen LogP contribution in [0.1, 0.15) is 39.2 Å². The summed E-state index contributed by atoms with van der Waals surface area (Å²) in [5.74, 6) is -0.0809. The van der Waals surface area contributed by atoms with E-state index in [4.69, 9.17) is 4.74 Å². The van der Waals surface area contributed by atoms with E-state index in [-0.39, 0.29) is 24.3 Å². The zero-order valence-corrected chi connectivity index (χ0v) is 14.8. The van der Waals surface area contributed by atoms with Crippen molar-refractivity contribution >= 4 is 23.6 Å². The van der Waals surface area contributed by atoms with Crippen molar-refractivity contribution < 1.29 is 19.1 Å². The number of hydrogen-bond donors (Lipinski definition) is 3. The highest BCUT2D eigenvalue weighted by Crippen LogP contribution is 2.30. The van der Waals surface area contributed by atoms with E-state index in [1.807, 2.05) is 12.1 Å². The Labute approximate surface area is 147 Å². The molecule has 0 bridgehead atoms. The number of anilines is 1. The third-order valence-corrected chi connectivity index (χ3v) is 3.45. The average molecular weight is 347 g/mol. The number of hydrogen-bond acceptors (Lipinski definition) is 4. The molecule has 1 aliphatic carbocycles. The van der Waals surface area contributed by atoms with Gasteiger partial charge in [0.15, 0.2) is 0 Å². The van der Waals surface area contributed by atoms with Crippen LogP contribution >= 0.6 is 0 Å². The molecule has 0 spiro atoms. The van der Waals surface area contributed by atoms with Crippen molar-refractivity contribution in [3.8, 4) is 0 Å². The summed E-state index contributed by atoms with van der Waals surface area (Å²) in [7, 11) is 0. The standard InChI is InChI=1S/C18H25N3O4/c1-18(2,3)25-17(24)20-11-15(22)19-10-12-4-8-14(9-5-12)21-16(23)13-6-7-13/h4-5,8-9,13H,6-7,10-11H2,1-3H3,(H,19,22)(H,20,24)(H,21,23). The Balaban J connectivity index is 1.68. The minimum atomic E-state index is -0.626. The Morgan fingerprint density at radius 1 is 1.08 bits per heavy atom. The van der Waals surface area contributed by atoms with Crippen molar-refractivity contribution in [2.75, 3.05) is 11.9 Å². The van der Waals surface area contributed by atoms with Gasteiger partial charge in [0.1, 0.15) is 12.1 Å². The third-order valence-electron chi connectivity index (χ3n) is 3.45. The molecule has 3 amide bonds. The van der Waals surface area contributed by atoms with Crippen LogP contribution < -0.4 is 16.0 Å². The van der Waals surface area contributed by atoms with Gasteiger partial charge in [0.25, 0.3) is 0 Å². The number of alkyl carbamates (subject to hydrolysis) is 1. The summed E-state index contributed by atoms with van der Waals surface area (Å²) in [6.07, 6.45) is 1.30. The third kappa shape index (κ3) is 7.24. The van der Waals surface area contributed by atoms with Crippen molar-refractivity contribution in [1.29, 1.82) is 0 Å². The number of carbonyl (C=O) groups excluding carboxylic acids is 3. The smallest absolute Gasteiger partial charge is 0.408 e. The molecular formula is C18H25N3O4. The zero-order chi connectivity index (χ0) is 18.4. The zero-order valence-electron chi connectivity index (χ0n) is 14.8. The number of amides is 3. The van der Waals surface area contributed by atoms with E-state index in [9.17, 15) is 14.4 Å². The van der Waals surface area contributed by atoms with Gasteiger partial charge in [-0.3, -0.25) is 9.59 Å². The normalized spacial score (nSPS) is 13.7. The van der Waals surface area contributed by atoms with Crippen LogP contribution in [0.3, 0.4) is 0 Å². The molecule has 1 fully saturated rings. The lowest BCUT2D eigenvalue weighted by atomic mass is 10.2. The fourth-order valence-electron chi connectivity index (χ4n) is 2.03. The Bertz CT molecular complexity index is 631. The molecule has 1 aliphatic rings. The quantitative estimate of drug-likeness (QED) is 0.735. The summed E-state index contributed by atoms with van der Waals surface area (Å²) >= 11 is 0. The molecule has 2 rings (SSSR count). The summed E-state index contributed by atoms with van der Waals surface area (Å²) in [4.78, 5) is 34.9. The van der Waals surface area contributed by atoms with Crippen molar-refractivity contribution in [3.63, 3.8) is 0 Å². The fraction of sp³-hybridized carbons (Fsp3) is 0.500. The fourth-order valence-corrected chi connectivity index (χ4v) is 2.03. The maximum atomic E-state index is 11.7. The van der Waals surface area contributed by atoms with Gasteiger partial charge in [0.2, 0.25) is 11.8 Å². The maximum Gasteiger partial charge on any atom is 0.408 e. The Morgan fingerprint density at radius 2 is 1.72 bits per heavy atom. The van der Waals surface area contributed by atoms with E-state index in [1.165, 1.54) is 0 Å². The molecule has 7 nitrogen and oxygen atoms in total. The SMILES string of the molecule is CC(C)(C)OC(=O)NCC(=O)NCc1ccc(NC(=O)C2CC2)cc1. The molecule has 1 saturated carbocycles. The molecule has 25 heavy (non-hydrogen) atoms.